The van der Waals surface area contributed by atoms with Crippen LogP contribution in [-0.4, -0.2) is 13.7 Å². The Morgan fingerprint density at radius 3 is 0.827 bits per heavy atom. The van der Waals surface area contributed by atoms with Gasteiger partial charge in [-0.05, 0) is 105 Å². The first-order valence-corrected chi connectivity index (χ1v) is 27.9. The lowest BCUT2D eigenvalue weighted by molar-refractivity contribution is 1.15. The molecule has 13 aromatic carbocycles. The van der Waals surface area contributed by atoms with Gasteiger partial charge in [0.05, 0.1) is 50.2 Å². The van der Waals surface area contributed by atoms with Crippen LogP contribution in [0.4, 0.5) is 0 Å². The summed E-state index contributed by atoms with van der Waals surface area (Å²) in [6, 6.07) is 114. The van der Waals surface area contributed by atoms with Crippen LogP contribution in [0.5, 0.6) is 0 Å². The van der Waals surface area contributed by atoms with Crippen molar-refractivity contribution in [3.63, 3.8) is 0 Å². The first kappa shape index (κ1) is 46.4. The fraction of sp³-hybridized carbons (Fsp3) is 0. The van der Waals surface area contributed by atoms with Crippen molar-refractivity contribution in [1.29, 1.82) is 0 Å². The van der Waals surface area contributed by atoms with Crippen LogP contribution in [-0.2, 0) is 0 Å². The largest absolute Gasteiger partial charge is 0.309 e. The Labute approximate surface area is 469 Å². The van der Waals surface area contributed by atoms with Crippen molar-refractivity contribution in [1.82, 2.24) is 13.7 Å². The Balaban J connectivity index is 1.03. The molecule has 0 N–H and O–H groups in total. The summed E-state index contributed by atoms with van der Waals surface area (Å²) in [5.41, 5.74) is 24.3. The van der Waals surface area contributed by atoms with E-state index in [2.05, 4.69) is 323 Å². The Bertz CT molecular complexity index is 4690. The molecule has 0 radical (unpaired) electrons. The van der Waals surface area contributed by atoms with Gasteiger partial charge in [-0.15, -0.1) is 0 Å². The summed E-state index contributed by atoms with van der Waals surface area (Å²) in [6.45, 7) is 0. The summed E-state index contributed by atoms with van der Waals surface area (Å²) in [6.07, 6.45) is 0. The molecule has 16 rings (SSSR count). The van der Waals surface area contributed by atoms with Crippen LogP contribution in [0.25, 0.3) is 149 Å². The second-order valence-corrected chi connectivity index (χ2v) is 21.1. The molecule has 0 amide bonds. The highest BCUT2D eigenvalue weighted by Crippen LogP contribution is 2.48. The Hall–Kier alpha value is -10.7. The molecule has 0 spiro atoms. The number of aromatic nitrogens is 3. The predicted molar refractivity (Wildman–Crippen MR) is 342 cm³/mol. The van der Waals surface area contributed by atoms with Crippen molar-refractivity contribution in [3.05, 3.63) is 309 Å². The van der Waals surface area contributed by atoms with Crippen LogP contribution in [0.3, 0.4) is 0 Å². The van der Waals surface area contributed by atoms with Gasteiger partial charge in [-0.3, -0.25) is 0 Å². The standard InChI is InChI=1S/C78H51N3/c1-3-24-52(25-4-1)56-28-7-9-30-58(56)54-46-48-76-68(50-54)69-51-55(59-31-10-8-29-57(59)53-26-5-2-6-27-53)47-49-77(69)81(76)78-66(64-36-15-21-44-74(64)79-70-40-17-11-32-60(70)61-33-12-18-41-71(61)79)38-23-39-67(78)65-37-16-22-45-75(65)80-72-42-19-13-34-62(72)63-35-14-20-43-73(63)80/h1-51H. The van der Waals surface area contributed by atoms with E-state index in [1.807, 2.05) is 0 Å². The zero-order chi connectivity index (χ0) is 53.4. The molecule has 3 aromatic heterocycles. The molecule has 378 valence electrons. The maximum atomic E-state index is 2.58. The number of benzene rings is 13. The number of fused-ring (bicyclic) bond motifs is 9. The molecule has 0 unspecified atom stereocenters. The van der Waals surface area contributed by atoms with Gasteiger partial charge in [0.2, 0.25) is 0 Å². The third-order valence-corrected chi connectivity index (χ3v) is 16.7. The minimum absolute atomic E-state index is 1.11. The quantitative estimate of drug-likeness (QED) is 0.137. The molecule has 81 heavy (non-hydrogen) atoms. The van der Waals surface area contributed by atoms with Gasteiger partial charge in [0.1, 0.15) is 0 Å². The minimum Gasteiger partial charge on any atom is -0.309 e. The van der Waals surface area contributed by atoms with Gasteiger partial charge in [0, 0.05) is 54.6 Å². The SMILES string of the molecule is c1ccc(-c2ccccc2-c2ccc3c(c2)c2cc(-c4ccccc4-c4ccccc4)ccc2n3-c2c(-c3ccccc3-n3c4ccccc4c4ccccc43)cccc2-c2ccccc2-n2c3ccccc3c3ccccc32)cc1. The van der Waals surface area contributed by atoms with Gasteiger partial charge in [0.15, 0.2) is 0 Å². The van der Waals surface area contributed by atoms with Crippen LogP contribution >= 0.6 is 0 Å². The monoisotopic (exact) mass is 1030 g/mol. The molecular formula is C78H51N3. The van der Waals surface area contributed by atoms with Crippen LogP contribution in [0, 0.1) is 0 Å². The summed E-state index contributed by atoms with van der Waals surface area (Å²) in [5, 5.41) is 7.28. The third-order valence-electron chi connectivity index (χ3n) is 16.7. The van der Waals surface area contributed by atoms with Crippen molar-refractivity contribution >= 4 is 65.4 Å². The Morgan fingerprint density at radius 1 is 0.160 bits per heavy atom. The summed E-state index contributed by atoms with van der Waals surface area (Å²) >= 11 is 0. The van der Waals surface area contributed by atoms with E-state index in [1.165, 1.54) is 87.8 Å². The van der Waals surface area contributed by atoms with Crippen molar-refractivity contribution in [3.8, 4) is 83.8 Å². The molecule has 0 aliphatic heterocycles. The normalized spacial score (nSPS) is 11.7. The maximum absolute atomic E-state index is 2.58. The zero-order valence-electron chi connectivity index (χ0n) is 44.3. The molecule has 0 saturated carbocycles. The first-order chi connectivity index (χ1) is 40.2. The number of hydrogen-bond donors (Lipinski definition) is 0. The van der Waals surface area contributed by atoms with Gasteiger partial charge in [-0.25, -0.2) is 0 Å². The Morgan fingerprint density at radius 2 is 0.444 bits per heavy atom. The fourth-order valence-electron chi connectivity index (χ4n) is 13.2. The first-order valence-electron chi connectivity index (χ1n) is 27.9. The molecule has 0 aliphatic carbocycles. The molecule has 3 heteroatoms. The summed E-state index contributed by atoms with van der Waals surface area (Å²) in [4.78, 5) is 0. The fourth-order valence-corrected chi connectivity index (χ4v) is 13.2. The van der Waals surface area contributed by atoms with Crippen molar-refractivity contribution < 1.29 is 0 Å². The van der Waals surface area contributed by atoms with Gasteiger partial charge in [0.25, 0.3) is 0 Å². The highest BCUT2D eigenvalue weighted by Gasteiger charge is 2.26. The minimum atomic E-state index is 1.11. The van der Waals surface area contributed by atoms with Crippen LogP contribution in [0.15, 0.2) is 309 Å². The van der Waals surface area contributed by atoms with E-state index in [9.17, 15) is 0 Å². The molecular weight excluding hydrogens is 979 g/mol. The van der Waals surface area contributed by atoms with E-state index >= 15 is 0 Å². The molecule has 0 bridgehead atoms. The molecule has 0 saturated heterocycles. The number of hydrogen-bond acceptors (Lipinski definition) is 0. The lowest BCUT2D eigenvalue weighted by atomic mass is 9.92. The highest BCUT2D eigenvalue weighted by molar-refractivity contribution is 6.15. The second-order valence-electron chi connectivity index (χ2n) is 21.1. The van der Waals surface area contributed by atoms with E-state index in [-0.39, 0.29) is 0 Å². The molecule has 0 fully saturated rings. The summed E-state index contributed by atoms with van der Waals surface area (Å²) in [7, 11) is 0. The van der Waals surface area contributed by atoms with Crippen molar-refractivity contribution in [2.24, 2.45) is 0 Å². The van der Waals surface area contributed by atoms with E-state index in [1.54, 1.807) is 0 Å². The van der Waals surface area contributed by atoms with Gasteiger partial charge in [-0.2, -0.15) is 0 Å². The van der Waals surface area contributed by atoms with E-state index in [0.29, 0.717) is 0 Å². The van der Waals surface area contributed by atoms with Crippen LogP contribution in [0.2, 0.25) is 0 Å². The van der Waals surface area contributed by atoms with E-state index in [0.717, 1.165) is 61.5 Å². The maximum Gasteiger partial charge on any atom is 0.0620 e. The predicted octanol–water partition coefficient (Wildman–Crippen LogP) is 21.0. The number of nitrogens with zero attached hydrogens (tertiary/aromatic N) is 3. The topological polar surface area (TPSA) is 14.8 Å². The van der Waals surface area contributed by atoms with Crippen LogP contribution < -0.4 is 0 Å². The van der Waals surface area contributed by atoms with Crippen LogP contribution in [0.1, 0.15) is 0 Å². The number of para-hydroxylation sites is 7. The highest BCUT2D eigenvalue weighted by atomic mass is 15.0. The lowest BCUT2D eigenvalue weighted by Crippen LogP contribution is -2.05. The number of rotatable bonds is 9. The van der Waals surface area contributed by atoms with Crippen molar-refractivity contribution in [2.45, 2.75) is 0 Å². The van der Waals surface area contributed by atoms with Crippen molar-refractivity contribution in [2.75, 3.05) is 0 Å². The van der Waals surface area contributed by atoms with E-state index in [4.69, 9.17) is 0 Å². The molecule has 3 nitrogen and oxygen atoms in total. The average molecular weight is 1030 g/mol. The lowest BCUT2D eigenvalue weighted by Gasteiger charge is -2.23. The summed E-state index contributed by atoms with van der Waals surface area (Å²) < 4.78 is 7.53. The summed E-state index contributed by atoms with van der Waals surface area (Å²) in [5.74, 6) is 0. The average Bonchev–Trinajstić information content (AvgIpc) is 4.27. The zero-order valence-corrected chi connectivity index (χ0v) is 44.3. The van der Waals surface area contributed by atoms with E-state index < -0.39 is 0 Å². The Kier molecular flexibility index (Phi) is 10.9. The third kappa shape index (κ3) is 7.44. The molecule has 0 atom stereocenters. The van der Waals surface area contributed by atoms with Gasteiger partial charge in [-0.1, -0.05) is 249 Å². The molecule has 3 heterocycles. The molecule has 0 aliphatic rings. The smallest absolute Gasteiger partial charge is 0.0620 e. The van der Waals surface area contributed by atoms with Gasteiger partial charge < -0.3 is 13.7 Å². The molecule has 16 aromatic rings. The van der Waals surface area contributed by atoms with Gasteiger partial charge >= 0.3 is 0 Å². The second kappa shape index (κ2) is 19.0.